The number of hydrogen-bond donors (Lipinski definition) is 2. The molecule has 1 heterocycles. The lowest BCUT2D eigenvalue weighted by atomic mass is 9.86. The van der Waals surface area contributed by atoms with Crippen LogP contribution in [0, 0.1) is 5.41 Å². The number of aliphatic imine (C=N–C) groups is 1. The van der Waals surface area contributed by atoms with E-state index in [4.69, 9.17) is 5.73 Å². The van der Waals surface area contributed by atoms with Crippen LogP contribution in [0.25, 0.3) is 5.57 Å². The summed E-state index contributed by atoms with van der Waals surface area (Å²) in [5, 5.41) is 3.11. The highest BCUT2D eigenvalue weighted by atomic mass is 16.2. The van der Waals surface area contributed by atoms with Crippen molar-refractivity contribution in [2.45, 2.75) is 92.3 Å². The van der Waals surface area contributed by atoms with Gasteiger partial charge in [0.25, 0.3) is 0 Å². The molecular formula is C27H42N4O2. The van der Waals surface area contributed by atoms with Crippen LogP contribution in [0.4, 0.5) is 0 Å². The summed E-state index contributed by atoms with van der Waals surface area (Å²) in [6.07, 6.45) is 5.33. The molecule has 1 fully saturated rings. The molecule has 182 valence electrons. The van der Waals surface area contributed by atoms with Crippen molar-refractivity contribution in [3.8, 4) is 0 Å². The van der Waals surface area contributed by atoms with E-state index in [2.05, 4.69) is 41.5 Å². The Hall–Kier alpha value is -2.47. The predicted molar refractivity (Wildman–Crippen MR) is 137 cm³/mol. The molecule has 3 atom stereocenters. The smallest absolute Gasteiger partial charge is 0.243 e. The highest BCUT2D eigenvalue weighted by molar-refractivity contribution is 5.90. The maximum atomic E-state index is 13.1. The van der Waals surface area contributed by atoms with E-state index in [0.717, 1.165) is 36.1 Å². The van der Waals surface area contributed by atoms with Gasteiger partial charge in [0.2, 0.25) is 11.8 Å². The van der Waals surface area contributed by atoms with Crippen molar-refractivity contribution in [3.63, 3.8) is 0 Å². The zero-order valence-corrected chi connectivity index (χ0v) is 21.4. The Morgan fingerprint density at radius 1 is 1.27 bits per heavy atom. The number of carbonyl (C=O) groups is 2. The largest absolute Gasteiger partial charge is 0.348 e. The molecule has 0 saturated carbocycles. The monoisotopic (exact) mass is 454 g/mol. The third kappa shape index (κ3) is 6.76. The molecule has 0 spiro atoms. The molecule has 33 heavy (non-hydrogen) atoms. The molecule has 0 radical (unpaired) electrons. The third-order valence-corrected chi connectivity index (χ3v) is 6.41. The molecule has 1 saturated heterocycles. The van der Waals surface area contributed by atoms with Crippen LogP contribution in [0.2, 0.25) is 0 Å². The average Bonchev–Trinajstić information content (AvgIpc) is 3.26. The summed E-state index contributed by atoms with van der Waals surface area (Å²) in [4.78, 5) is 32.1. The molecule has 6 nitrogen and oxygen atoms in total. The summed E-state index contributed by atoms with van der Waals surface area (Å²) >= 11 is 0. The molecule has 1 aromatic carbocycles. The van der Waals surface area contributed by atoms with Crippen molar-refractivity contribution in [3.05, 3.63) is 41.1 Å². The molecule has 6 heteroatoms. The maximum absolute atomic E-state index is 13.1. The van der Waals surface area contributed by atoms with Crippen molar-refractivity contribution < 1.29 is 9.59 Å². The van der Waals surface area contributed by atoms with Gasteiger partial charge in [-0.15, -0.1) is 0 Å². The highest BCUT2D eigenvalue weighted by Crippen LogP contribution is 2.27. The summed E-state index contributed by atoms with van der Waals surface area (Å²) in [5.74, 6) is -0.254. The second kappa shape index (κ2) is 11.6. The van der Waals surface area contributed by atoms with Crippen molar-refractivity contribution in [1.29, 1.82) is 0 Å². The fourth-order valence-electron chi connectivity index (χ4n) is 4.27. The van der Waals surface area contributed by atoms with E-state index in [0.29, 0.717) is 13.0 Å². The van der Waals surface area contributed by atoms with E-state index in [1.807, 2.05) is 47.8 Å². The van der Waals surface area contributed by atoms with Gasteiger partial charge in [0.05, 0.1) is 12.1 Å². The molecule has 1 aliphatic rings. The van der Waals surface area contributed by atoms with Gasteiger partial charge >= 0.3 is 0 Å². The van der Waals surface area contributed by atoms with Gasteiger partial charge in [-0.25, -0.2) is 0 Å². The van der Waals surface area contributed by atoms with Crippen molar-refractivity contribution in [1.82, 2.24) is 10.2 Å². The maximum Gasteiger partial charge on any atom is 0.243 e. The summed E-state index contributed by atoms with van der Waals surface area (Å²) in [7, 11) is 0. The lowest BCUT2D eigenvalue weighted by molar-refractivity contribution is -0.141. The first-order valence-electron chi connectivity index (χ1n) is 12.2. The second-order valence-electron chi connectivity index (χ2n) is 10.1. The SMILES string of the molecule is CC=N/C(C)=C(\CCC)c1ccc(C(C)NC(=O)C2CCCN2C(=O)C(N)C(C)(C)C)cc1. The summed E-state index contributed by atoms with van der Waals surface area (Å²) in [5.41, 5.74) is 10.3. The van der Waals surface area contributed by atoms with E-state index >= 15 is 0 Å². The normalized spacial score (nSPS) is 19.4. The van der Waals surface area contributed by atoms with E-state index in [1.165, 1.54) is 5.57 Å². The van der Waals surface area contributed by atoms with Gasteiger partial charge in [-0.1, -0.05) is 58.4 Å². The number of nitrogens with zero attached hydrogens (tertiary/aromatic N) is 2. The molecule has 0 aliphatic carbocycles. The number of carbonyl (C=O) groups excluding carboxylic acids is 2. The second-order valence-corrected chi connectivity index (χ2v) is 10.1. The molecule has 3 unspecified atom stereocenters. The topological polar surface area (TPSA) is 87.8 Å². The Morgan fingerprint density at radius 3 is 2.45 bits per heavy atom. The molecule has 1 aromatic rings. The molecule has 3 N–H and O–H groups in total. The van der Waals surface area contributed by atoms with E-state index in [-0.39, 0.29) is 23.3 Å². The number of allylic oxidation sites excluding steroid dienone is 2. The highest BCUT2D eigenvalue weighted by Gasteiger charge is 2.39. The van der Waals surface area contributed by atoms with Crippen LogP contribution in [0.5, 0.6) is 0 Å². The first kappa shape index (κ1) is 26.8. The van der Waals surface area contributed by atoms with Gasteiger partial charge < -0.3 is 16.0 Å². The van der Waals surface area contributed by atoms with Gasteiger partial charge in [0, 0.05) is 18.5 Å². The zero-order valence-electron chi connectivity index (χ0n) is 21.4. The minimum Gasteiger partial charge on any atom is -0.348 e. The van der Waals surface area contributed by atoms with Crippen LogP contribution in [-0.2, 0) is 9.59 Å². The van der Waals surface area contributed by atoms with E-state index in [9.17, 15) is 9.59 Å². The lowest BCUT2D eigenvalue weighted by Gasteiger charge is -2.33. The predicted octanol–water partition coefficient (Wildman–Crippen LogP) is 4.85. The van der Waals surface area contributed by atoms with Gasteiger partial charge in [-0.3, -0.25) is 14.6 Å². The van der Waals surface area contributed by atoms with Gasteiger partial charge in [0.1, 0.15) is 6.04 Å². The number of amides is 2. The van der Waals surface area contributed by atoms with Gasteiger partial charge in [-0.05, 0) is 62.1 Å². The fourth-order valence-corrected chi connectivity index (χ4v) is 4.27. The van der Waals surface area contributed by atoms with Crippen LogP contribution in [0.1, 0.15) is 91.3 Å². The lowest BCUT2D eigenvalue weighted by Crippen LogP contribution is -2.55. The standard InChI is InChI=1S/C27H42N4O2/c1-8-11-22(19(4)29-9-2)21-15-13-20(14-16-21)18(3)30-25(32)23-12-10-17-31(23)26(33)24(28)27(5,6)7/h9,13-16,18,23-24H,8,10-12,17,28H2,1-7H3,(H,30,32)/b22-19+,29-9?. The molecule has 1 aliphatic heterocycles. The van der Waals surface area contributed by atoms with Crippen molar-refractivity contribution >= 4 is 23.6 Å². The molecule has 2 amide bonds. The number of rotatable bonds is 8. The van der Waals surface area contributed by atoms with Crippen molar-refractivity contribution in [2.75, 3.05) is 6.54 Å². The Morgan fingerprint density at radius 2 is 1.91 bits per heavy atom. The molecule has 2 rings (SSSR count). The quantitative estimate of drug-likeness (QED) is 0.550. The third-order valence-electron chi connectivity index (χ3n) is 6.41. The van der Waals surface area contributed by atoms with E-state index < -0.39 is 12.1 Å². The number of nitrogens with two attached hydrogens (primary N) is 1. The average molecular weight is 455 g/mol. The molecular weight excluding hydrogens is 412 g/mol. The zero-order chi connectivity index (χ0) is 24.8. The van der Waals surface area contributed by atoms with E-state index in [1.54, 1.807) is 4.90 Å². The van der Waals surface area contributed by atoms with Crippen LogP contribution >= 0.6 is 0 Å². The Kier molecular flexibility index (Phi) is 9.41. The Balaban J connectivity index is 2.11. The summed E-state index contributed by atoms with van der Waals surface area (Å²) in [6.45, 7) is 14.5. The summed E-state index contributed by atoms with van der Waals surface area (Å²) in [6, 6.07) is 7.09. The van der Waals surface area contributed by atoms with Crippen LogP contribution in [0.15, 0.2) is 35.0 Å². The fraction of sp³-hybridized carbons (Fsp3) is 0.593. The van der Waals surface area contributed by atoms with Gasteiger partial charge in [-0.2, -0.15) is 0 Å². The Labute approximate surface area is 199 Å². The molecule has 0 aromatic heterocycles. The van der Waals surface area contributed by atoms with Crippen molar-refractivity contribution in [2.24, 2.45) is 16.1 Å². The van der Waals surface area contributed by atoms with Crippen LogP contribution < -0.4 is 11.1 Å². The first-order chi connectivity index (χ1) is 15.5. The number of hydrogen-bond acceptors (Lipinski definition) is 4. The first-order valence-corrected chi connectivity index (χ1v) is 12.2. The molecule has 0 bridgehead atoms. The Bertz CT molecular complexity index is 880. The van der Waals surface area contributed by atoms with Crippen LogP contribution in [0.3, 0.4) is 0 Å². The number of benzene rings is 1. The summed E-state index contributed by atoms with van der Waals surface area (Å²) < 4.78 is 0. The number of likely N-dealkylation sites (tertiary alicyclic amines) is 1. The minimum absolute atomic E-state index is 0.113. The minimum atomic E-state index is -0.623. The van der Waals surface area contributed by atoms with Crippen LogP contribution in [-0.4, -0.2) is 41.6 Å². The van der Waals surface area contributed by atoms with Gasteiger partial charge in [0.15, 0.2) is 0 Å². The number of nitrogens with one attached hydrogen (secondary N) is 1.